The predicted octanol–water partition coefficient (Wildman–Crippen LogP) is 4.70. The van der Waals surface area contributed by atoms with Gasteiger partial charge in [-0.2, -0.15) is 0 Å². The van der Waals surface area contributed by atoms with E-state index >= 15 is 0 Å². The van der Waals surface area contributed by atoms with Crippen LogP contribution in [0.15, 0.2) is 36.4 Å². The Balaban J connectivity index is 2.52. The average Bonchev–Trinajstić information content (AvgIpc) is 2.84. The van der Waals surface area contributed by atoms with E-state index in [2.05, 4.69) is 5.32 Å². The van der Waals surface area contributed by atoms with Gasteiger partial charge in [-0.15, -0.1) is 0 Å². The minimum Gasteiger partial charge on any atom is -0.354 e. The van der Waals surface area contributed by atoms with Gasteiger partial charge in [-0.3, -0.25) is 24.0 Å². The summed E-state index contributed by atoms with van der Waals surface area (Å²) in [7, 11) is -4.04. The number of carbonyl (C=O) groups excluding carboxylic acids is 2. The highest BCUT2D eigenvalue weighted by Crippen LogP contribution is 2.28. The second-order valence-corrected chi connectivity index (χ2v) is 11.6. The number of nitro groups is 1. The van der Waals surface area contributed by atoms with Crippen molar-refractivity contribution in [3.8, 4) is 0 Å². The van der Waals surface area contributed by atoms with Gasteiger partial charge in [0.05, 0.1) is 26.9 Å². The summed E-state index contributed by atoms with van der Waals surface area (Å²) in [6, 6.07) is 7.69. The van der Waals surface area contributed by atoms with Crippen LogP contribution in [0.5, 0.6) is 0 Å². The van der Waals surface area contributed by atoms with Gasteiger partial charge < -0.3 is 10.2 Å². The standard InChI is InChI=1S/C25H32Cl2N4O6S/c1-5-7-12-28-25(33)22(6-2)29(15-18-9-11-20(26)21(27)13-18)24(32)16-30(38(4,36)37)23-14-19(31(34)35)10-8-17(23)3/h8-11,13-14,22H,5-7,12,15-16H2,1-4H3,(H,28,33)/t22-/m0/s1. The summed E-state index contributed by atoms with van der Waals surface area (Å²) in [6.45, 7) is 5.05. The van der Waals surface area contributed by atoms with E-state index < -0.39 is 33.4 Å². The van der Waals surface area contributed by atoms with Gasteiger partial charge >= 0.3 is 0 Å². The highest BCUT2D eigenvalue weighted by Gasteiger charge is 2.32. The van der Waals surface area contributed by atoms with Crippen LogP contribution in [0.25, 0.3) is 0 Å². The summed E-state index contributed by atoms with van der Waals surface area (Å²) in [5.41, 5.74) is 0.699. The van der Waals surface area contributed by atoms with Crippen LogP contribution in [0, 0.1) is 17.0 Å². The van der Waals surface area contributed by atoms with Crippen LogP contribution in [0.1, 0.15) is 44.2 Å². The molecule has 2 amide bonds. The molecule has 2 rings (SSSR count). The maximum absolute atomic E-state index is 13.7. The molecular formula is C25H32Cl2N4O6S. The molecule has 0 radical (unpaired) electrons. The number of amides is 2. The first-order chi connectivity index (χ1) is 17.8. The number of nitrogens with zero attached hydrogens (tertiary/aromatic N) is 3. The lowest BCUT2D eigenvalue weighted by atomic mass is 10.1. The molecule has 38 heavy (non-hydrogen) atoms. The number of rotatable bonds is 13. The highest BCUT2D eigenvalue weighted by molar-refractivity contribution is 7.92. The zero-order chi connectivity index (χ0) is 28.6. The fraction of sp³-hybridized carbons (Fsp3) is 0.440. The molecule has 1 N–H and O–H groups in total. The first-order valence-corrected chi connectivity index (χ1v) is 14.6. The SMILES string of the molecule is CCCCNC(=O)[C@H](CC)N(Cc1ccc(Cl)c(Cl)c1)C(=O)CN(c1cc([N+](=O)[O-])ccc1C)S(C)(=O)=O. The van der Waals surface area contributed by atoms with Crippen LogP contribution in [0.3, 0.4) is 0 Å². The summed E-state index contributed by atoms with van der Waals surface area (Å²) in [5, 5.41) is 14.8. The number of carbonyl (C=O) groups is 2. The molecular weight excluding hydrogens is 555 g/mol. The minimum atomic E-state index is -4.04. The molecule has 10 nitrogen and oxygen atoms in total. The number of nitro benzene ring substituents is 1. The molecule has 0 bridgehead atoms. The largest absolute Gasteiger partial charge is 0.354 e. The van der Waals surface area contributed by atoms with Crippen molar-refractivity contribution in [1.29, 1.82) is 0 Å². The monoisotopic (exact) mass is 586 g/mol. The van der Waals surface area contributed by atoms with Gasteiger partial charge in [-0.1, -0.05) is 55.6 Å². The van der Waals surface area contributed by atoms with Crippen molar-refractivity contribution in [2.75, 3.05) is 23.7 Å². The lowest BCUT2D eigenvalue weighted by Gasteiger charge is -2.33. The van der Waals surface area contributed by atoms with Crippen molar-refractivity contribution < 1.29 is 22.9 Å². The Morgan fingerprint density at radius 2 is 1.79 bits per heavy atom. The van der Waals surface area contributed by atoms with Crippen LogP contribution in [-0.2, 0) is 26.2 Å². The first-order valence-electron chi connectivity index (χ1n) is 12.0. The van der Waals surface area contributed by atoms with E-state index in [0.717, 1.165) is 29.5 Å². The van der Waals surface area contributed by atoms with Gasteiger partial charge in [-0.05, 0) is 43.0 Å². The molecule has 0 saturated carbocycles. The molecule has 0 fully saturated rings. The normalized spacial score (nSPS) is 12.1. The predicted molar refractivity (Wildman–Crippen MR) is 149 cm³/mol. The Morgan fingerprint density at radius 3 is 2.34 bits per heavy atom. The van der Waals surface area contributed by atoms with E-state index in [4.69, 9.17) is 23.2 Å². The smallest absolute Gasteiger partial charge is 0.271 e. The van der Waals surface area contributed by atoms with Gasteiger partial charge in [0, 0.05) is 25.2 Å². The maximum atomic E-state index is 13.7. The maximum Gasteiger partial charge on any atom is 0.271 e. The molecule has 0 saturated heterocycles. The molecule has 13 heteroatoms. The van der Waals surface area contributed by atoms with Crippen molar-refractivity contribution in [3.63, 3.8) is 0 Å². The summed E-state index contributed by atoms with van der Waals surface area (Å²) < 4.78 is 26.4. The fourth-order valence-corrected chi connectivity index (χ4v) is 5.05. The van der Waals surface area contributed by atoms with Gasteiger partial charge in [0.25, 0.3) is 5.69 Å². The first kappa shape index (κ1) is 31.3. The van der Waals surface area contributed by atoms with Crippen molar-refractivity contribution in [2.45, 2.75) is 52.6 Å². The molecule has 0 aliphatic rings. The number of hydrogen-bond donors (Lipinski definition) is 1. The van der Waals surface area contributed by atoms with Crippen LogP contribution in [0.4, 0.5) is 11.4 Å². The van der Waals surface area contributed by atoms with Crippen molar-refractivity contribution >= 4 is 56.4 Å². The Kier molecular flexibility index (Phi) is 11.4. The third kappa shape index (κ3) is 8.31. The highest BCUT2D eigenvalue weighted by atomic mass is 35.5. The average molecular weight is 588 g/mol. The van der Waals surface area contributed by atoms with Crippen molar-refractivity contribution in [1.82, 2.24) is 10.2 Å². The van der Waals surface area contributed by atoms with E-state index in [1.54, 1.807) is 32.0 Å². The van der Waals surface area contributed by atoms with Gasteiger partial charge in [0.1, 0.15) is 12.6 Å². The van der Waals surface area contributed by atoms with Crippen LogP contribution >= 0.6 is 23.2 Å². The molecule has 208 valence electrons. The Bertz CT molecular complexity index is 1290. The van der Waals surface area contributed by atoms with Crippen LogP contribution in [0.2, 0.25) is 10.0 Å². The van der Waals surface area contributed by atoms with Gasteiger partial charge in [-0.25, -0.2) is 8.42 Å². The number of non-ortho nitro benzene ring substituents is 1. The number of halogens is 2. The van der Waals surface area contributed by atoms with Crippen molar-refractivity contribution in [2.24, 2.45) is 0 Å². The molecule has 2 aromatic rings. The van der Waals surface area contributed by atoms with Crippen LogP contribution in [-0.4, -0.2) is 55.4 Å². The van der Waals surface area contributed by atoms with E-state index in [1.165, 1.54) is 17.0 Å². The molecule has 0 aromatic heterocycles. The number of aryl methyl sites for hydroxylation is 1. The summed E-state index contributed by atoms with van der Waals surface area (Å²) in [4.78, 5) is 38.8. The quantitative estimate of drug-likeness (QED) is 0.206. The third-order valence-electron chi connectivity index (χ3n) is 5.90. The second kappa shape index (κ2) is 13.8. The number of nitrogens with one attached hydrogen (secondary N) is 1. The van der Waals surface area contributed by atoms with E-state index in [0.29, 0.717) is 22.7 Å². The Labute approximate surface area is 233 Å². The minimum absolute atomic E-state index is 0.00461. The number of hydrogen-bond acceptors (Lipinski definition) is 6. The number of unbranched alkanes of at least 4 members (excludes halogenated alkanes) is 1. The molecule has 0 aliphatic carbocycles. The lowest BCUT2D eigenvalue weighted by molar-refractivity contribution is -0.384. The zero-order valence-corrected chi connectivity index (χ0v) is 24.1. The molecule has 2 aromatic carbocycles. The second-order valence-electron chi connectivity index (χ2n) is 8.84. The number of sulfonamides is 1. The summed E-state index contributed by atoms with van der Waals surface area (Å²) >= 11 is 12.2. The molecule has 0 spiro atoms. The van der Waals surface area contributed by atoms with Gasteiger partial charge in [0.2, 0.25) is 21.8 Å². The molecule has 0 heterocycles. The Hall–Kier alpha value is -2.89. The zero-order valence-electron chi connectivity index (χ0n) is 21.7. The molecule has 1 atom stereocenters. The lowest BCUT2D eigenvalue weighted by Crippen LogP contribution is -2.52. The topological polar surface area (TPSA) is 130 Å². The van der Waals surface area contributed by atoms with Gasteiger partial charge in [0.15, 0.2) is 0 Å². The van der Waals surface area contributed by atoms with Crippen molar-refractivity contribution in [3.05, 3.63) is 67.7 Å². The fourth-order valence-electron chi connectivity index (χ4n) is 3.84. The third-order valence-corrected chi connectivity index (χ3v) is 7.77. The van der Waals surface area contributed by atoms with E-state index in [-0.39, 0.29) is 35.3 Å². The van der Waals surface area contributed by atoms with Crippen LogP contribution < -0.4 is 9.62 Å². The number of anilines is 1. The summed E-state index contributed by atoms with van der Waals surface area (Å²) in [6.07, 6.45) is 2.81. The molecule has 0 aliphatic heterocycles. The summed E-state index contributed by atoms with van der Waals surface area (Å²) in [5.74, 6) is -1.03. The number of benzene rings is 2. The molecule has 0 unspecified atom stereocenters. The Morgan fingerprint density at radius 1 is 1.11 bits per heavy atom. The van der Waals surface area contributed by atoms with E-state index in [9.17, 15) is 28.1 Å². The van der Waals surface area contributed by atoms with E-state index in [1.807, 2.05) is 6.92 Å².